The first-order valence-corrected chi connectivity index (χ1v) is 8.35. The van der Waals surface area contributed by atoms with Gasteiger partial charge in [-0.3, -0.25) is 0 Å². The number of esters is 1. The van der Waals surface area contributed by atoms with Gasteiger partial charge in [0.05, 0.1) is 0 Å². The Hall–Kier alpha value is -1.38. The first-order valence-electron chi connectivity index (χ1n) is 6.50. The summed E-state index contributed by atoms with van der Waals surface area (Å²) in [7, 11) is 2.79. The number of hydrogen-bond donors (Lipinski definition) is 0. The van der Waals surface area contributed by atoms with E-state index in [2.05, 4.69) is 0 Å². The summed E-state index contributed by atoms with van der Waals surface area (Å²) in [6.45, 7) is 2.06. The number of ether oxygens (including phenoxy) is 3. The normalized spacial score (nSPS) is 12.5. The van der Waals surface area contributed by atoms with Gasteiger partial charge in [0.15, 0.2) is 0 Å². The van der Waals surface area contributed by atoms with Gasteiger partial charge in [0.25, 0.3) is 0 Å². The second-order valence-electron chi connectivity index (χ2n) is 4.15. The Labute approximate surface area is 131 Å². The summed E-state index contributed by atoms with van der Waals surface area (Å²) in [6.07, 6.45) is 0.143. The zero-order valence-corrected chi connectivity index (χ0v) is 14.1. The molecular weight excluding hydrogens is 337 g/mol. The number of carbonyl (C=O) groups excluding carboxylic acids is 1. The van der Waals surface area contributed by atoms with E-state index in [0.29, 0.717) is 6.61 Å². The van der Waals surface area contributed by atoms with Crippen molar-refractivity contribution in [3.05, 3.63) is 30.3 Å². The standard InChI is InChI=1S/C15H19NO4Se/c1-4-20-14(17)13(10-15(11-16,18-2)19-3)21-12-8-6-5-7-9-12/h5-9,13H,4,10H2,1-3H3/t13-/m1/s1. The Kier molecular flexibility index (Phi) is 7.41. The molecule has 0 aromatic heterocycles. The number of nitrogens with zero attached hydrogens (tertiary/aromatic N) is 1. The third-order valence-corrected chi connectivity index (χ3v) is 5.35. The minimum atomic E-state index is -1.42. The fourth-order valence-electron chi connectivity index (χ4n) is 1.70. The third kappa shape index (κ3) is 5.14. The average molecular weight is 356 g/mol. The Morgan fingerprint density at radius 3 is 2.43 bits per heavy atom. The minimum absolute atomic E-state index is 0.143. The van der Waals surface area contributed by atoms with Crippen LogP contribution in [0.4, 0.5) is 0 Å². The monoisotopic (exact) mass is 357 g/mol. The number of methoxy groups -OCH3 is 2. The predicted molar refractivity (Wildman–Crippen MR) is 79.2 cm³/mol. The Morgan fingerprint density at radius 1 is 1.33 bits per heavy atom. The molecule has 5 nitrogen and oxygen atoms in total. The van der Waals surface area contributed by atoms with E-state index in [1.807, 2.05) is 36.4 Å². The second kappa shape index (κ2) is 8.81. The molecule has 0 radical (unpaired) electrons. The fourth-order valence-corrected chi connectivity index (χ4v) is 4.03. The molecule has 6 heteroatoms. The molecule has 0 N–H and O–H groups in total. The van der Waals surface area contributed by atoms with Gasteiger partial charge in [0, 0.05) is 0 Å². The van der Waals surface area contributed by atoms with Crippen molar-refractivity contribution in [2.75, 3.05) is 20.8 Å². The van der Waals surface area contributed by atoms with Crippen molar-refractivity contribution in [1.29, 1.82) is 5.26 Å². The molecule has 1 aromatic carbocycles. The Balaban J connectivity index is 2.92. The van der Waals surface area contributed by atoms with Crippen molar-refractivity contribution >= 4 is 25.4 Å². The van der Waals surface area contributed by atoms with Gasteiger partial charge in [-0.2, -0.15) is 0 Å². The van der Waals surface area contributed by atoms with Crippen LogP contribution in [0.5, 0.6) is 0 Å². The van der Waals surface area contributed by atoms with Crippen LogP contribution >= 0.6 is 0 Å². The van der Waals surface area contributed by atoms with Crippen LogP contribution in [0, 0.1) is 11.3 Å². The van der Waals surface area contributed by atoms with Crippen molar-refractivity contribution in [1.82, 2.24) is 0 Å². The zero-order chi connectivity index (χ0) is 15.7. The number of rotatable bonds is 8. The molecule has 0 bridgehead atoms. The molecule has 0 unspecified atom stereocenters. The molecule has 21 heavy (non-hydrogen) atoms. The van der Waals surface area contributed by atoms with E-state index < -0.39 is 10.6 Å². The van der Waals surface area contributed by atoms with Gasteiger partial charge >= 0.3 is 131 Å². The summed E-state index contributed by atoms with van der Waals surface area (Å²) in [5.74, 6) is -1.75. The first-order chi connectivity index (χ1) is 10.1. The van der Waals surface area contributed by atoms with Crippen LogP contribution in [-0.2, 0) is 19.0 Å². The predicted octanol–water partition coefficient (Wildman–Crippen LogP) is 1.27. The van der Waals surface area contributed by atoms with Crippen molar-refractivity contribution in [3.8, 4) is 6.07 Å². The van der Waals surface area contributed by atoms with Gasteiger partial charge in [-0.25, -0.2) is 0 Å². The molecule has 0 saturated heterocycles. The van der Waals surface area contributed by atoms with Gasteiger partial charge < -0.3 is 0 Å². The molecule has 0 aliphatic heterocycles. The van der Waals surface area contributed by atoms with E-state index in [9.17, 15) is 10.1 Å². The first kappa shape index (κ1) is 17.7. The van der Waals surface area contributed by atoms with Gasteiger partial charge in [-0.1, -0.05) is 0 Å². The number of benzene rings is 1. The zero-order valence-electron chi connectivity index (χ0n) is 12.4. The Bertz CT molecular complexity index is 482. The molecule has 0 aliphatic carbocycles. The van der Waals surface area contributed by atoms with Crippen molar-refractivity contribution in [3.63, 3.8) is 0 Å². The van der Waals surface area contributed by atoms with Crippen LogP contribution in [0.1, 0.15) is 13.3 Å². The summed E-state index contributed by atoms with van der Waals surface area (Å²) >= 11 is -0.174. The molecule has 1 atom stereocenters. The maximum absolute atomic E-state index is 12.1. The van der Waals surface area contributed by atoms with Crippen molar-refractivity contribution < 1.29 is 19.0 Å². The quantitative estimate of drug-likeness (QED) is 0.399. The van der Waals surface area contributed by atoms with E-state index in [-0.39, 0.29) is 27.3 Å². The summed E-state index contributed by atoms with van der Waals surface area (Å²) in [5, 5.41) is 9.26. The average Bonchev–Trinajstić information content (AvgIpc) is 2.53. The van der Waals surface area contributed by atoms with Gasteiger partial charge in [0.1, 0.15) is 0 Å². The molecule has 0 saturated carbocycles. The molecule has 1 aromatic rings. The van der Waals surface area contributed by atoms with Crippen LogP contribution in [0.15, 0.2) is 30.3 Å². The van der Waals surface area contributed by atoms with Crippen LogP contribution in [0.3, 0.4) is 0 Å². The number of hydrogen-bond acceptors (Lipinski definition) is 5. The SMILES string of the molecule is CCOC(=O)[C@@H](CC(C#N)(OC)OC)[Se]c1ccccc1. The third-order valence-electron chi connectivity index (χ3n) is 2.85. The van der Waals surface area contributed by atoms with Crippen LogP contribution in [-0.4, -0.2) is 47.5 Å². The van der Waals surface area contributed by atoms with Crippen molar-refractivity contribution in [2.24, 2.45) is 0 Å². The molecule has 0 heterocycles. The molecule has 0 amide bonds. The van der Waals surface area contributed by atoms with Crippen molar-refractivity contribution in [2.45, 2.75) is 23.9 Å². The van der Waals surface area contributed by atoms with E-state index in [4.69, 9.17) is 14.2 Å². The van der Waals surface area contributed by atoms with E-state index in [0.717, 1.165) is 4.46 Å². The summed E-state index contributed by atoms with van der Waals surface area (Å²) in [6, 6.07) is 11.7. The summed E-state index contributed by atoms with van der Waals surface area (Å²) < 4.78 is 16.5. The number of nitriles is 1. The Morgan fingerprint density at radius 2 is 1.95 bits per heavy atom. The molecular formula is C15H19NO4Se. The maximum atomic E-state index is 12.1. The van der Waals surface area contributed by atoms with Gasteiger partial charge in [-0.05, 0) is 0 Å². The van der Waals surface area contributed by atoms with Gasteiger partial charge in [-0.15, -0.1) is 0 Å². The van der Waals surface area contributed by atoms with Crippen LogP contribution in [0.25, 0.3) is 0 Å². The van der Waals surface area contributed by atoms with E-state index in [1.165, 1.54) is 14.2 Å². The number of carbonyl (C=O) groups is 1. The van der Waals surface area contributed by atoms with Crippen LogP contribution in [0.2, 0.25) is 4.82 Å². The molecule has 0 spiro atoms. The summed E-state index contributed by atoms with van der Waals surface area (Å²) in [4.78, 5) is 11.7. The molecule has 1 rings (SSSR count). The van der Waals surface area contributed by atoms with E-state index >= 15 is 0 Å². The molecule has 0 aliphatic rings. The van der Waals surface area contributed by atoms with E-state index in [1.54, 1.807) is 6.92 Å². The second-order valence-corrected chi connectivity index (χ2v) is 6.83. The summed E-state index contributed by atoms with van der Waals surface area (Å²) in [5.41, 5.74) is 0. The van der Waals surface area contributed by atoms with Gasteiger partial charge in [0.2, 0.25) is 0 Å². The fraction of sp³-hybridized carbons (Fsp3) is 0.467. The topological polar surface area (TPSA) is 68.6 Å². The molecule has 114 valence electrons. The molecule has 0 fully saturated rings. The van der Waals surface area contributed by atoms with Crippen LogP contribution < -0.4 is 4.46 Å².